The maximum Gasteiger partial charge on any atom is 0.253 e. The van der Waals surface area contributed by atoms with Gasteiger partial charge in [-0.1, -0.05) is 12.1 Å². The van der Waals surface area contributed by atoms with Crippen LogP contribution in [0.3, 0.4) is 0 Å². The predicted octanol–water partition coefficient (Wildman–Crippen LogP) is 1.89. The standard InChI is InChI=1S/C18H21N7O/c1-12-22-16(23-25(12)4)14-6-5-7-15(8-14)17(26)24(3)11-13-9-20-18(19-2)21-10-13/h5-10H,11H2,1-4H3,(H,19,20,21). The lowest BCUT2D eigenvalue weighted by Crippen LogP contribution is -2.26. The summed E-state index contributed by atoms with van der Waals surface area (Å²) in [7, 11) is 5.36. The molecule has 1 N–H and O–H groups in total. The number of nitrogens with one attached hydrogen (secondary N) is 1. The lowest BCUT2D eigenvalue weighted by atomic mass is 10.1. The molecule has 3 rings (SSSR count). The van der Waals surface area contributed by atoms with E-state index in [1.807, 2.05) is 32.2 Å². The Morgan fingerprint density at radius 2 is 2.00 bits per heavy atom. The number of aryl methyl sites for hydroxylation is 2. The van der Waals surface area contributed by atoms with Crippen molar-refractivity contribution >= 4 is 11.9 Å². The van der Waals surface area contributed by atoms with Crippen molar-refractivity contribution in [1.82, 2.24) is 29.6 Å². The Kier molecular flexibility index (Phi) is 4.92. The number of carbonyl (C=O) groups excluding carboxylic acids is 1. The topological polar surface area (TPSA) is 88.8 Å². The SMILES string of the molecule is CNc1ncc(CN(C)C(=O)c2cccc(-c3nc(C)n(C)n3)c2)cn1. The molecule has 0 unspecified atom stereocenters. The number of hydrogen-bond acceptors (Lipinski definition) is 6. The van der Waals surface area contributed by atoms with E-state index in [2.05, 4.69) is 25.4 Å². The van der Waals surface area contributed by atoms with Crippen molar-refractivity contribution < 1.29 is 4.79 Å². The van der Waals surface area contributed by atoms with E-state index < -0.39 is 0 Å². The normalized spacial score (nSPS) is 10.6. The first kappa shape index (κ1) is 17.5. The molecule has 0 spiro atoms. The van der Waals surface area contributed by atoms with E-state index in [0.29, 0.717) is 23.9 Å². The van der Waals surface area contributed by atoms with Crippen molar-refractivity contribution in [3.8, 4) is 11.4 Å². The average molecular weight is 351 g/mol. The molecule has 0 fully saturated rings. The van der Waals surface area contributed by atoms with Gasteiger partial charge in [0, 0.05) is 56.8 Å². The van der Waals surface area contributed by atoms with E-state index in [1.165, 1.54) is 0 Å². The molecule has 0 aliphatic heterocycles. The second-order valence-corrected chi connectivity index (χ2v) is 6.01. The van der Waals surface area contributed by atoms with Gasteiger partial charge in [-0.25, -0.2) is 15.0 Å². The summed E-state index contributed by atoms with van der Waals surface area (Å²) in [5, 5.41) is 7.24. The van der Waals surface area contributed by atoms with Crippen LogP contribution < -0.4 is 5.32 Å². The van der Waals surface area contributed by atoms with Gasteiger partial charge >= 0.3 is 0 Å². The zero-order valence-corrected chi connectivity index (χ0v) is 15.3. The van der Waals surface area contributed by atoms with Gasteiger partial charge in [0.2, 0.25) is 5.95 Å². The third-order valence-corrected chi connectivity index (χ3v) is 4.04. The van der Waals surface area contributed by atoms with Gasteiger partial charge in [0.1, 0.15) is 5.82 Å². The Balaban J connectivity index is 1.77. The van der Waals surface area contributed by atoms with Crippen LogP contribution in [-0.4, -0.2) is 49.6 Å². The van der Waals surface area contributed by atoms with Crippen LogP contribution >= 0.6 is 0 Å². The molecule has 0 aliphatic rings. The first-order valence-electron chi connectivity index (χ1n) is 8.20. The highest BCUT2D eigenvalue weighted by Gasteiger charge is 2.15. The number of amides is 1. The van der Waals surface area contributed by atoms with Gasteiger partial charge in [-0.05, 0) is 19.1 Å². The molecule has 134 valence electrons. The molecule has 8 heteroatoms. The number of aromatic nitrogens is 5. The summed E-state index contributed by atoms with van der Waals surface area (Å²) in [6.07, 6.45) is 3.42. The van der Waals surface area contributed by atoms with Gasteiger partial charge < -0.3 is 10.2 Å². The molecule has 1 aromatic carbocycles. The summed E-state index contributed by atoms with van der Waals surface area (Å²) in [5.74, 6) is 1.89. The van der Waals surface area contributed by atoms with Crippen molar-refractivity contribution in [3.05, 3.63) is 53.6 Å². The summed E-state index contributed by atoms with van der Waals surface area (Å²) in [5.41, 5.74) is 2.26. The molecular formula is C18H21N7O. The number of anilines is 1. The molecule has 0 aliphatic carbocycles. The minimum Gasteiger partial charge on any atom is -0.357 e. The highest BCUT2D eigenvalue weighted by molar-refractivity contribution is 5.95. The van der Waals surface area contributed by atoms with Crippen LogP contribution in [0.2, 0.25) is 0 Å². The highest BCUT2D eigenvalue weighted by atomic mass is 16.2. The summed E-state index contributed by atoms with van der Waals surface area (Å²) < 4.78 is 1.71. The molecule has 26 heavy (non-hydrogen) atoms. The first-order valence-corrected chi connectivity index (χ1v) is 8.20. The second kappa shape index (κ2) is 7.30. The Hall–Kier alpha value is -3.29. The van der Waals surface area contributed by atoms with Crippen LogP contribution in [0.4, 0.5) is 5.95 Å². The zero-order valence-electron chi connectivity index (χ0n) is 15.3. The average Bonchev–Trinajstić information content (AvgIpc) is 3.00. The number of hydrogen-bond donors (Lipinski definition) is 1. The summed E-state index contributed by atoms with van der Waals surface area (Å²) >= 11 is 0. The fourth-order valence-corrected chi connectivity index (χ4v) is 2.51. The summed E-state index contributed by atoms with van der Waals surface area (Å²) in [4.78, 5) is 27.1. The Labute approximate surface area is 151 Å². The Bertz CT molecular complexity index is 898. The third-order valence-electron chi connectivity index (χ3n) is 4.04. The van der Waals surface area contributed by atoms with E-state index in [4.69, 9.17) is 0 Å². The number of carbonyl (C=O) groups is 1. The van der Waals surface area contributed by atoms with Crippen LogP contribution in [0.15, 0.2) is 36.7 Å². The number of nitrogens with zero attached hydrogens (tertiary/aromatic N) is 6. The molecule has 8 nitrogen and oxygen atoms in total. The molecule has 0 radical (unpaired) electrons. The number of rotatable bonds is 5. The Morgan fingerprint density at radius 3 is 2.62 bits per heavy atom. The molecular weight excluding hydrogens is 330 g/mol. The first-order chi connectivity index (χ1) is 12.5. The van der Waals surface area contributed by atoms with E-state index >= 15 is 0 Å². The van der Waals surface area contributed by atoms with Gasteiger partial charge in [-0.3, -0.25) is 9.48 Å². The maximum atomic E-state index is 12.8. The minimum atomic E-state index is -0.0859. The van der Waals surface area contributed by atoms with Gasteiger partial charge in [-0.2, -0.15) is 5.10 Å². The molecule has 3 aromatic rings. The molecule has 0 saturated heterocycles. The maximum absolute atomic E-state index is 12.8. The molecule has 2 aromatic heterocycles. The quantitative estimate of drug-likeness (QED) is 0.755. The van der Waals surface area contributed by atoms with Crippen LogP contribution in [-0.2, 0) is 13.6 Å². The van der Waals surface area contributed by atoms with Crippen molar-refractivity contribution in [1.29, 1.82) is 0 Å². The fourth-order valence-electron chi connectivity index (χ4n) is 2.51. The monoisotopic (exact) mass is 351 g/mol. The van der Waals surface area contributed by atoms with Crippen molar-refractivity contribution in [2.24, 2.45) is 7.05 Å². The smallest absolute Gasteiger partial charge is 0.253 e. The van der Waals surface area contributed by atoms with E-state index in [1.54, 1.807) is 42.1 Å². The highest BCUT2D eigenvalue weighted by Crippen LogP contribution is 2.18. The largest absolute Gasteiger partial charge is 0.357 e. The molecule has 2 heterocycles. The van der Waals surface area contributed by atoms with Crippen molar-refractivity contribution in [3.63, 3.8) is 0 Å². The van der Waals surface area contributed by atoms with Crippen molar-refractivity contribution in [2.45, 2.75) is 13.5 Å². The minimum absolute atomic E-state index is 0.0859. The van der Waals surface area contributed by atoms with E-state index in [9.17, 15) is 4.79 Å². The van der Waals surface area contributed by atoms with Gasteiger partial charge in [0.25, 0.3) is 5.91 Å². The third kappa shape index (κ3) is 3.69. The van der Waals surface area contributed by atoms with Gasteiger partial charge in [0.15, 0.2) is 5.82 Å². The van der Waals surface area contributed by atoms with Crippen LogP contribution in [0.1, 0.15) is 21.7 Å². The molecule has 0 bridgehead atoms. The van der Waals surface area contributed by atoms with Gasteiger partial charge in [0.05, 0.1) is 0 Å². The molecule has 1 amide bonds. The molecule has 0 saturated carbocycles. The Morgan fingerprint density at radius 1 is 1.27 bits per heavy atom. The van der Waals surface area contributed by atoms with E-state index in [0.717, 1.165) is 17.0 Å². The number of benzene rings is 1. The van der Waals surface area contributed by atoms with Crippen LogP contribution in [0.25, 0.3) is 11.4 Å². The lowest BCUT2D eigenvalue weighted by Gasteiger charge is -2.17. The predicted molar refractivity (Wildman–Crippen MR) is 98.6 cm³/mol. The summed E-state index contributed by atoms with van der Waals surface area (Å²) in [6.45, 7) is 2.31. The van der Waals surface area contributed by atoms with Gasteiger partial charge in [-0.15, -0.1) is 0 Å². The van der Waals surface area contributed by atoms with Crippen LogP contribution in [0, 0.1) is 6.92 Å². The molecule has 0 atom stereocenters. The fraction of sp³-hybridized carbons (Fsp3) is 0.278. The second-order valence-electron chi connectivity index (χ2n) is 6.01. The summed E-state index contributed by atoms with van der Waals surface area (Å²) in [6, 6.07) is 7.34. The van der Waals surface area contributed by atoms with E-state index in [-0.39, 0.29) is 5.91 Å². The van der Waals surface area contributed by atoms with Crippen LogP contribution in [0.5, 0.6) is 0 Å². The zero-order chi connectivity index (χ0) is 18.7. The van der Waals surface area contributed by atoms with Crippen molar-refractivity contribution in [2.75, 3.05) is 19.4 Å². The lowest BCUT2D eigenvalue weighted by molar-refractivity contribution is 0.0785.